The van der Waals surface area contributed by atoms with Gasteiger partial charge >= 0.3 is 0 Å². The third-order valence-electron chi connectivity index (χ3n) is 3.05. The Balaban J connectivity index is 2.20. The number of imide groups is 1. The van der Waals surface area contributed by atoms with Crippen LogP contribution >= 0.6 is 11.6 Å². The molecule has 6 heteroatoms. The number of methoxy groups -OCH3 is 1. The van der Waals surface area contributed by atoms with Crippen molar-refractivity contribution in [2.75, 3.05) is 19.0 Å². The molecule has 0 bridgehead atoms. The zero-order valence-corrected chi connectivity index (χ0v) is 11.5. The summed E-state index contributed by atoms with van der Waals surface area (Å²) in [6, 6.07) is 4.53. The van der Waals surface area contributed by atoms with E-state index in [2.05, 4.69) is 5.32 Å². The number of benzene rings is 1. The number of hydrogen-bond donors (Lipinski definition) is 1. The number of amides is 2. The second kappa shape index (κ2) is 5.48. The van der Waals surface area contributed by atoms with Crippen LogP contribution < -0.4 is 10.1 Å². The van der Waals surface area contributed by atoms with E-state index in [1.807, 2.05) is 0 Å². The summed E-state index contributed by atoms with van der Waals surface area (Å²) in [7, 11) is 1.54. The van der Waals surface area contributed by atoms with E-state index in [0.29, 0.717) is 23.0 Å². The quantitative estimate of drug-likeness (QED) is 0.857. The first-order valence-corrected chi connectivity index (χ1v) is 6.39. The SMILES string of the molecule is CCN1C(=O)CC(Nc2cc(Cl)ccc2OC)C1=O. The van der Waals surface area contributed by atoms with Crippen LogP contribution in [0.1, 0.15) is 13.3 Å². The van der Waals surface area contributed by atoms with E-state index in [4.69, 9.17) is 16.3 Å². The van der Waals surface area contributed by atoms with Gasteiger partial charge in [-0.1, -0.05) is 11.6 Å². The van der Waals surface area contributed by atoms with Crippen molar-refractivity contribution in [1.82, 2.24) is 4.90 Å². The van der Waals surface area contributed by atoms with Gasteiger partial charge in [-0.2, -0.15) is 0 Å². The Kier molecular flexibility index (Phi) is 3.95. The molecule has 0 aliphatic carbocycles. The Morgan fingerprint density at radius 2 is 2.21 bits per heavy atom. The van der Waals surface area contributed by atoms with Crippen LogP contribution in [0.25, 0.3) is 0 Å². The van der Waals surface area contributed by atoms with Crippen molar-refractivity contribution in [1.29, 1.82) is 0 Å². The van der Waals surface area contributed by atoms with Gasteiger partial charge in [0.25, 0.3) is 5.91 Å². The summed E-state index contributed by atoms with van der Waals surface area (Å²) < 4.78 is 5.19. The molecule has 1 aromatic carbocycles. The number of rotatable bonds is 4. The van der Waals surface area contributed by atoms with Crippen LogP contribution in [0.15, 0.2) is 18.2 Å². The van der Waals surface area contributed by atoms with E-state index in [9.17, 15) is 9.59 Å². The number of anilines is 1. The standard InChI is InChI=1S/C13H15ClN2O3/c1-3-16-12(17)7-10(13(16)18)15-9-6-8(14)4-5-11(9)19-2/h4-6,10,15H,3,7H2,1-2H3. The van der Waals surface area contributed by atoms with Crippen molar-refractivity contribution >= 4 is 29.1 Å². The van der Waals surface area contributed by atoms with Crippen molar-refractivity contribution in [2.24, 2.45) is 0 Å². The van der Waals surface area contributed by atoms with Crippen molar-refractivity contribution in [3.8, 4) is 5.75 Å². The molecule has 0 saturated carbocycles. The monoisotopic (exact) mass is 282 g/mol. The molecule has 1 heterocycles. The molecule has 102 valence electrons. The van der Waals surface area contributed by atoms with Crippen LogP contribution in [0.5, 0.6) is 5.75 Å². The molecule has 19 heavy (non-hydrogen) atoms. The highest BCUT2D eigenvalue weighted by atomic mass is 35.5. The minimum Gasteiger partial charge on any atom is -0.495 e. The summed E-state index contributed by atoms with van der Waals surface area (Å²) in [5.74, 6) is 0.208. The molecule has 1 aliphatic heterocycles. The highest BCUT2D eigenvalue weighted by Gasteiger charge is 2.37. The lowest BCUT2D eigenvalue weighted by molar-refractivity contribution is -0.138. The third kappa shape index (κ3) is 2.66. The second-order valence-corrected chi connectivity index (χ2v) is 4.66. The van der Waals surface area contributed by atoms with E-state index < -0.39 is 6.04 Å². The molecule has 1 atom stereocenters. The third-order valence-corrected chi connectivity index (χ3v) is 3.29. The van der Waals surface area contributed by atoms with Gasteiger partial charge in [-0.05, 0) is 25.1 Å². The molecule has 5 nitrogen and oxygen atoms in total. The predicted molar refractivity (Wildman–Crippen MR) is 72.4 cm³/mol. The van der Waals surface area contributed by atoms with E-state index >= 15 is 0 Å². The zero-order chi connectivity index (χ0) is 14.0. The molecule has 1 unspecified atom stereocenters. The van der Waals surface area contributed by atoms with Gasteiger partial charge in [0, 0.05) is 11.6 Å². The minimum absolute atomic E-state index is 0.155. The number of likely N-dealkylation sites (tertiary alicyclic amines) is 1. The molecule has 0 aromatic heterocycles. The largest absolute Gasteiger partial charge is 0.495 e. The number of nitrogens with one attached hydrogen (secondary N) is 1. The van der Waals surface area contributed by atoms with Crippen LogP contribution in [0.2, 0.25) is 5.02 Å². The lowest BCUT2D eigenvalue weighted by atomic mass is 10.2. The second-order valence-electron chi connectivity index (χ2n) is 4.22. The maximum absolute atomic E-state index is 12.0. The summed E-state index contributed by atoms with van der Waals surface area (Å²) >= 11 is 5.92. The number of likely N-dealkylation sites (N-methyl/N-ethyl adjacent to an activating group) is 1. The molecule has 2 amide bonds. The summed E-state index contributed by atoms with van der Waals surface area (Å²) in [6.07, 6.45) is 0.155. The predicted octanol–water partition coefficient (Wildman–Crippen LogP) is 1.91. The summed E-state index contributed by atoms with van der Waals surface area (Å²) in [5, 5.41) is 3.56. The average Bonchev–Trinajstić information content (AvgIpc) is 2.64. The van der Waals surface area contributed by atoms with Crippen LogP contribution in [-0.2, 0) is 9.59 Å². The lowest BCUT2D eigenvalue weighted by Crippen LogP contribution is -2.34. The maximum Gasteiger partial charge on any atom is 0.252 e. The van der Waals surface area contributed by atoms with Crippen molar-refractivity contribution in [3.05, 3.63) is 23.2 Å². The Bertz CT molecular complexity index is 519. The van der Waals surface area contributed by atoms with Crippen LogP contribution in [0, 0.1) is 0 Å². The van der Waals surface area contributed by atoms with E-state index in [0.717, 1.165) is 0 Å². The Morgan fingerprint density at radius 1 is 1.47 bits per heavy atom. The molecule has 1 fully saturated rings. The van der Waals surface area contributed by atoms with Gasteiger partial charge in [-0.25, -0.2) is 0 Å². The van der Waals surface area contributed by atoms with Gasteiger partial charge < -0.3 is 10.1 Å². The minimum atomic E-state index is -0.556. The Morgan fingerprint density at radius 3 is 2.79 bits per heavy atom. The number of carbonyl (C=O) groups is 2. The fourth-order valence-corrected chi connectivity index (χ4v) is 2.28. The normalized spacial score (nSPS) is 18.9. The van der Waals surface area contributed by atoms with Gasteiger partial charge in [0.05, 0.1) is 19.2 Å². The van der Waals surface area contributed by atoms with Crippen LogP contribution in [0.3, 0.4) is 0 Å². The highest BCUT2D eigenvalue weighted by molar-refractivity contribution is 6.31. The van der Waals surface area contributed by atoms with Gasteiger partial charge in [0.15, 0.2) is 0 Å². The first-order valence-electron chi connectivity index (χ1n) is 6.01. The number of nitrogens with zero attached hydrogens (tertiary/aromatic N) is 1. The Labute approximate surface area is 116 Å². The van der Waals surface area contributed by atoms with Crippen LogP contribution in [0.4, 0.5) is 5.69 Å². The fourth-order valence-electron chi connectivity index (χ4n) is 2.11. The molecule has 0 spiro atoms. The first-order chi connectivity index (χ1) is 9.06. The molecular weight excluding hydrogens is 268 g/mol. The highest BCUT2D eigenvalue weighted by Crippen LogP contribution is 2.29. The molecule has 1 aliphatic rings. The van der Waals surface area contributed by atoms with Gasteiger partial charge in [0.2, 0.25) is 5.91 Å². The lowest BCUT2D eigenvalue weighted by Gasteiger charge is -2.16. The maximum atomic E-state index is 12.0. The molecule has 1 N–H and O–H groups in total. The van der Waals surface area contributed by atoms with Gasteiger partial charge in [-0.15, -0.1) is 0 Å². The molecule has 1 aromatic rings. The topological polar surface area (TPSA) is 58.6 Å². The smallest absolute Gasteiger partial charge is 0.252 e. The number of ether oxygens (including phenoxy) is 1. The zero-order valence-electron chi connectivity index (χ0n) is 10.8. The average molecular weight is 283 g/mol. The van der Waals surface area contributed by atoms with Crippen molar-refractivity contribution in [3.63, 3.8) is 0 Å². The summed E-state index contributed by atoms with van der Waals surface area (Å²) in [4.78, 5) is 24.9. The van der Waals surface area contributed by atoms with Crippen LogP contribution in [-0.4, -0.2) is 36.4 Å². The van der Waals surface area contributed by atoms with E-state index in [1.54, 1.807) is 25.1 Å². The van der Waals surface area contributed by atoms with E-state index in [1.165, 1.54) is 12.0 Å². The Hall–Kier alpha value is -1.75. The summed E-state index contributed by atoms with van der Waals surface area (Å²) in [6.45, 7) is 2.17. The molecule has 2 rings (SSSR count). The molecule has 1 saturated heterocycles. The van der Waals surface area contributed by atoms with Crippen molar-refractivity contribution < 1.29 is 14.3 Å². The number of carbonyl (C=O) groups excluding carboxylic acids is 2. The summed E-state index contributed by atoms with van der Waals surface area (Å²) in [5.41, 5.74) is 0.610. The van der Waals surface area contributed by atoms with Gasteiger partial charge in [0.1, 0.15) is 11.8 Å². The van der Waals surface area contributed by atoms with Gasteiger partial charge in [-0.3, -0.25) is 14.5 Å². The number of hydrogen-bond acceptors (Lipinski definition) is 4. The fraction of sp³-hybridized carbons (Fsp3) is 0.385. The molecule has 0 radical (unpaired) electrons. The molecular formula is C13H15ClN2O3. The van der Waals surface area contributed by atoms with Crippen molar-refractivity contribution in [2.45, 2.75) is 19.4 Å². The first kappa shape index (κ1) is 13.7. The number of halogens is 1. The van der Waals surface area contributed by atoms with E-state index in [-0.39, 0.29) is 18.2 Å².